The molecule has 12 heavy (non-hydrogen) atoms. The Bertz CT molecular complexity index is 297. The van der Waals surface area contributed by atoms with E-state index >= 15 is 0 Å². The van der Waals surface area contributed by atoms with Gasteiger partial charge in [-0.15, -0.1) is 0 Å². The first-order chi connectivity index (χ1) is 5.11. The molecule has 0 amide bonds. The smallest absolute Gasteiger partial charge is 0.545 e. The molecule has 0 aliphatic heterocycles. The Morgan fingerprint density at radius 2 is 1.92 bits per heavy atom. The van der Waals surface area contributed by atoms with Crippen molar-refractivity contribution in [3.05, 3.63) is 23.8 Å². The zero-order valence-corrected chi connectivity index (χ0v) is 6.69. The third-order valence-electron chi connectivity index (χ3n) is 1.20. The van der Waals surface area contributed by atoms with E-state index < -0.39 is 11.7 Å². The molecule has 0 aromatic heterocycles. The maximum Gasteiger partial charge on any atom is 1.00 e. The van der Waals surface area contributed by atoms with E-state index in [0.717, 1.165) is 18.2 Å². The number of carboxylic acid groups (broad SMARTS) is 1. The van der Waals surface area contributed by atoms with Crippen molar-refractivity contribution in [3.63, 3.8) is 0 Å². The van der Waals surface area contributed by atoms with Crippen molar-refractivity contribution in [3.8, 4) is 11.5 Å². The normalized spacial score (nSPS) is 8.67. The fraction of sp³-hybridized carbons (Fsp3) is 0. The van der Waals surface area contributed by atoms with Crippen LogP contribution >= 0.6 is 0 Å². The second-order valence-electron chi connectivity index (χ2n) is 1.99. The molecule has 0 aliphatic rings. The van der Waals surface area contributed by atoms with Crippen molar-refractivity contribution < 1.29 is 37.2 Å². The third kappa shape index (κ3) is 2.15. The van der Waals surface area contributed by atoms with Gasteiger partial charge in [-0.3, -0.25) is 0 Å². The molecule has 1 aromatic rings. The van der Waals surface area contributed by atoms with Crippen LogP contribution in [0.4, 0.5) is 0 Å². The predicted molar refractivity (Wildman–Crippen MR) is 34.1 cm³/mol. The second kappa shape index (κ2) is 3.99. The Labute approximate surface area is 78.9 Å². The molecule has 1 rings (SSSR count). The number of phenolic OH excluding ortho intramolecular Hbond substituents is 1. The molecule has 1 aromatic carbocycles. The third-order valence-corrected chi connectivity index (χ3v) is 1.20. The van der Waals surface area contributed by atoms with E-state index in [2.05, 4.69) is 0 Å². The van der Waals surface area contributed by atoms with Gasteiger partial charge in [-0.25, -0.2) is 0 Å². The van der Waals surface area contributed by atoms with Crippen LogP contribution < -0.4 is 5.11 Å². The monoisotopic (exact) mass is 216 g/mol. The number of phenols is 2. The van der Waals surface area contributed by atoms with Crippen LogP contribution in [0.15, 0.2) is 18.2 Å². The minimum Gasteiger partial charge on any atom is -0.545 e. The molecule has 0 aliphatic carbocycles. The zero-order valence-electron chi connectivity index (χ0n) is 5.74. The Morgan fingerprint density at radius 1 is 1.33 bits per heavy atom. The van der Waals surface area contributed by atoms with Crippen molar-refractivity contribution in [2.75, 3.05) is 0 Å². The van der Waals surface area contributed by atoms with E-state index in [4.69, 9.17) is 10.2 Å². The van der Waals surface area contributed by atoms with Gasteiger partial charge in [0.1, 0.15) is 11.5 Å². The van der Waals surface area contributed by atoms with Gasteiger partial charge in [-0.2, -0.15) is 0 Å². The average Bonchev–Trinajstić information content (AvgIpc) is 1.85. The van der Waals surface area contributed by atoms with Crippen molar-refractivity contribution in [2.45, 2.75) is 0 Å². The molecule has 0 atom stereocenters. The zero-order chi connectivity index (χ0) is 8.43. The Balaban J connectivity index is 0.00000121. The minimum absolute atomic E-state index is 0. The molecule has 0 spiro atoms. The number of carboxylic acids is 1. The van der Waals surface area contributed by atoms with E-state index in [0.29, 0.717) is 0 Å². The summed E-state index contributed by atoms with van der Waals surface area (Å²) in [4.78, 5) is 10.2. The van der Waals surface area contributed by atoms with Gasteiger partial charge in [-0.05, 0) is 12.1 Å². The molecule has 0 saturated carbocycles. The number of hydrogen-bond donors (Lipinski definition) is 2. The van der Waals surface area contributed by atoms with Gasteiger partial charge in [0, 0.05) is 11.6 Å². The molecule has 2 N–H and O–H groups in total. The summed E-state index contributed by atoms with van der Waals surface area (Å²) in [7, 11) is 0. The summed E-state index contributed by atoms with van der Waals surface area (Å²) in [6.45, 7) is 0. The van der Waals surface area contributed by atoms with Gasteiger partial charge in [0.15, 0.2) is 0 Å². The Hall–Kier alpha value is -1.19. The summed E-state index contributed by atoms with van der Waals surface area (Å²) in [5.41, 5.74) is -0.331. The largest absolute Gasteiger partial charge is 1.00 e. The summed E-state index contributed by atoms with van der Waals surface area (Å²) in [5, 5.41) is 27.8. The topological polar surface area (TPSA) is 80.6 Å². The maximum atomic E-state index is 10.2. The van der Waals surface area contributed by atoms with Crippen molar-refractivity contribution >= 4 is 5.97 Å². The van der Waals surface area contributed by atoms with Gasteiger partial charge < -0.3 is 20.1 Å². The number of carbonyl (C=O) groups excluding carboxylic acids is 1. The van der Waals surface area contributed by atoms with Gasteiger partial charge in [-0.1, -0.05) is 0 Å². The van der Waals surface area contributed by atoms with Gasteiger partial charge in [0.25, 0.3) is 0 Å². The van der Waals surface area contributed by atoms with Gasteiger partial charge >= 0.3 is 17.1 Å². The van der Waals surface area contributed by atoms with Crippen LogP contribution in [0.3, 0.4) is 0 Å². The van der Waals surface area contributed by atoms with Gasteiger partial charge in [0.2, 0.25) is 0 Å². The fourth-order valence-corrected chi connectivity index (χ4v) is 0.693. The van der Waals surface area contributed by atoms with Crippen LogP contribution in [0.25, 0.3) is 0 Å². The van der Waals surface area contributed by atoms with Crippen LogP contribution in [0.2, 0.25) is 0 Å². The van der Waals surface area contributed by atoms with Gasteiger partial charge in [0.05, 0.1) is 5.97 Å². The van der Waals surface area contributed by atoms with Crippen molar-refractivity contribution in [1.29, 1.82) is 0 Å². The minimum atomic E-state index is -1.47. The molecule has 0 saturated heterocycles. The molecule has 0 bridgehead atoms. The van der Waals surface area contributed by atoms with Crippen LogP contribution in [-0.2, 0) is 17.1 Å². The summed E-state index contributed by atoms with van der Waals surface area (Å²) in [6.07, 6.45) is 0. The van der Waals surface area contributed by atoms with Crippen molar-refractivity contribution in [2.24, 2.45) is 0 Å². The van der Waals surface area contributed by atoms with E-state index in [1.165, 1.54) is 0 Å². The molecule has 0 fully saturated rings. The number of hydrogen-bond acceptors (Lipinski definition) is 4. The van der Waals surface area contributed by atoms with Crippen LogP contribution in [0, 0.1) is 0 Å². The maximum absolute atomic E-state index is 10.2. The molecule has 0 heterocycles. The second-order valence-corrected chi connectivity index (χ2v) is 1.99. The SMILES string of the molecule is O=C([O-])c1ccc(O)cc1O.[Cu+]. The standard InChI is InChI=1S/C7H6O4.Cu/c8-4-1-2-5(7(10)11)6(9)3-4;/h1-3,8-9H,(H,10,11);/q;+1/p-1. The summed E-state index contributed by atoms with van der Waals surface area (Å²) >= 11 is 0. The molecule has 0 radical (unpaired) electrons. The van der Waals surface area contributed by atoms with Crippen LogP contribution in [0.1, 0.15) is 10.4 Å². The molecular weight excluding hydrogens is 212 g/mol. The summed E-state index contributed by atoms with van der Waals surface area (Å²) in [6, 6.07) is 3.16. The molecule has 68 valence electrons. The molecular formula is C7H5CuO4. The fourth-order valence-electron chi connectivity index (χ4n) is 0.693. The Morgan fingerprint density at radius 3 is 2.33 bits per heavy atom. The van der Waals surface area contributed by atoms with Crippen LogP contribution in [-0.4, -0.2) is 16.2 Å². The predicted octanol–water partition coefficient (Wildman–Crippen LogP) is -0.541. The Kier molecular flexibility index (Phi) is 3.60. The number of benzene rings is 1. The van der Waals surface area contributed by atoms with E-state index in [1.807, 2.05) is 0 Å². The first-order valence-electron chi connectivity index (χ1n) is 2.84. The van der Waals surface area contributed by atoms with E-state index in [1.54, 1.807) is 0 Å². The molecule has 0 unspecified atom stereocenters. The number of aromatic hydroxyl groups is 2. The number of carbonyl (C=O) groups is 1. The first kappa shape index (κ1) is 10.8. The van der Waals surface area contributed by atoms with E-state index in [-0.39, 0.29) is 28.4 Å². The molecule has 5 heteroatoms. The molecule has 4 nitrogen and oxygen atoms in total. The summed E-state index contributed by atoms with van der Waals surface area (Å²) < 4.78 is 0. The van der Waals surface area contributed by atoms with Crippen LogP contribution in [0.5, 0.6) is 11.5 Å². The number of aromatic carboxylic acids is 1. The summed E-state index contributed by atoms with van der Waals surface area (Å²) in [5.74, 6) is -2.15. The van der Waals surface area contributed by atoms with E-state index in [9.17, 15) is 9.90 Å². The average molecular weight is 217 g/mol. The quantitative estimate of drug-likeness (QED) is 0.618. The first-order valence-corrected chi connectivity index (χ1v) is 2.84. The number of rotatable bonds is 1. The van der Waals surface area contributed by atoms with Crippen molar-refractivity contribution in [1.82, 2.24) is 0 Å².